The van der Waals surface area contributed by atoms with Gasteiger partial charge in [-0.1, -0.05) is 12.2 Å². The molecule has 0 amide bonds. The van der Waals surface area contributed by atoms with Gasteiger partial charge in [0, 0.05) is 61.0 Å². The maximum absolute atomic E-state index is 12.4. The number of hydrogen-bond donors (Lipinski definition) is 2. The lowest BCUT2D eigenvalue weighted by molar-refractivity contribution is 0.0735. The predicted molar refractivity (Wildman–Crippen MR) is 170 cm³/mol. The molecule has 0 aromatic heterocycles. The van der Waals surface area contributed by atoms with E-state index in [2.05, 4.69) is 71.3 Å². The van der Waals surface area contributed by atoms with Gasteiger partial charge < -0.3 is 30.9 Å². The Morgan fingerprint density at radius 3 is 1.73 bits per heavy atom. The highest BCUT2D eigenvalue weighted by molar-refractivity contribution is 5.91. The van der Waals surface area contributed by atoms with Crippen LogP contribution in [0.25, 0.3) is 0 Å². The van der Waals surface area contributed by atoms with E-state index < -0.39 is 5.97 Å². The molecule has 0 bridgehead atoms. The topological polar surface area (TPSA) is 88.1 Å². The van der Waals surface area contributed by atoms with Crippen LogP contribution < -0.4 is 30.9 Å². The second-order valence-corrected chi connectivity index (χ2v) is 10.1. The van der Waals surface area contributed by atoms with Gasteiger partial charge in [0.15, 0.2) is 0 Å². The van der Waals surface area contributed by atoms with Crippen LogP contribution in [0.15, 0.2) is 121 Å². The number of anilines is 6. The molecule has 0 fully saturated rings. The van der Waals surface area contributed by atoms with Crippen molar-refractivity contribution in [2.24, 2.45) is 0 Å². The summed E-state index contributed by atoms with van der Waals surface area (Å²) in [6.07, 6.45) is 7.62. The minimum Gasteiger partial charge on any atom is -0.423 e. The zero-order valence-electron chi connectivity index (χ0n) is 23.6. The maximum atomic E-state index is 12.4. The van der Waals surface area contributed by atoms with E-state index in [4.69, 9.17) is 16.2 Å². The second-order valence-electron chi connectivity index (χ2n) is 10.1. The molecule has 1 unspecified atom stereocenters. The fourth-order valence-electron chi connectivity index (χ4n) is 4.76. The average molecular weight is 546 g/mol. The van der Waals surface area contributed by atoms with Crippen molar-refractivity contribution < 1.29 is 9.53 Å². The number of nitrogen functional groups attached to an aromatic ring is 2. The molecular formula is C34H35N5O2. The summed E-state index contributed by atoms with van der Waals surface area (Å²) < 4.78 is 5.51. The Hall–Kier alpha value is -5.17. The molecule has 5 rings (SSSR count). The van der Waals surface area contributed by atoms with Crippen LogP contribution in [0.2, 0.25) is 0 Å². The van der Waals surface area contributed by atoms with Crippen LogP contribution in [-0.4, -0.2) is 33.2 Å². The van der Waals surface area contributed by atoms with E-state index in [9.17, 15) is 4.79 Å². The summed E-state index contributed by atoms with van der Waals surface area (Å²) in [7, 11) is 6.21. The molecule has 41 heavy (non-hydrogen) atoms. The zero-order valence-corrected chi connectivity index (χ0v) is 23.6. The van der Waals surface area contributed by atoms with Crippen LogP contribution in [0.4, 0.5) is 34.1 Å². The van der Waals surface area contributed by atoms with Crippen LogP contribution in [-0.2, 0) is 0 Å². The molecular weight excluding hydrogens is 510 g/mol. The number of carbonyl (C=O) groups is 1. The van der Waals surface area contributed by atoms with Crippen molar-refractivity contribution in [2.75, 3.05) is 47.3 Å². The molecule has 1 aliphatic rings. The number of rotatable bonds is 8. The van der Waals surface area contributed by atoms with Crippen molar-refractivity contribution in [3.63, 3.8) is 0 Å². The fourth-order valence-corrected chi connectivity index (χ4v) is 4.76. The first-order valence-electron chi connectivity index (χ1n) is 13.5. The standard InChI is InChI=1S/C34H35N5O2/c1-37(27-10-8-26(36)9-11-27)28-12-14-29(15-13-28)38(2)30-16-18-31(19-17-30)39(3)32-20-22-33(23-21-32)41-34(40)24-4-6-25(35)7-5-24/h4-14,16-23,29H,15,35-36H2,1-3H3. The molecule has 0 saturated heterocycles. The number of allylic oxidation sites excluding steroid dienone is 1. The summed E-state index contributed by atoms with van der Waals surface area (Å²) in [5.74, 6) is 0.0671. The number of ether oxygens (including phenoxy) is 1. The lowest BCUT2D eigenvalue weighted by Gasteiger charge is -2.31. The van der Waals surface area contributed by atoms with Gasteiger partial charge in [-0.2, -0.15) is 0 Å². The highest BCUT2D eigenvalue weighted by Crippen LogP contribution is 2.30. The second kappa shape index (κ2) is 11.9. The Balaban J connectivity index is 1.18. The first-order valence-corrected chi connectivity index (χ1v) is 13.5. The van der Waals surface area contributed by atoms with E-state index in [0.717, 1.165) is 34.9 Å². The molecule has 0 spiro atoms. The molecule has 7 nitrogen and oxygen atoms in total. The van der Waals surface area contributed by atoms with Crippen LogP contribution >= 0.6 is 0 Å². The van der Waals surface area contributed by atoms with Crippen molar-refractivity contribution >= 4 is 40.1 Å². The van der Waals surface area contributed by atoms with E-state index in [1.54, 1.807) is 36.4 Å². The molecule has 7 heteroatoms. The summed E-state index contributed by atoms with van der Waals surface area (Å²) >= 11 is 0. The summed E-state index contributed by atoms with van der Waals surface area (Å²) in [5, 5.41) is 0. The Kier molecular flexibility index (Phi) is 7.97. The summed E-state index contributed by atoms with van der Waals surface area (Å²) in [4.78, 5) is 19.0. The van der Waals surface area contributed by atoms with E-state index in [1.165, 1.54) is 5.70 Å². The number of likely N-dealkylation sites (N-methyl/N-ethyl adjacent to an activating group) is 2. The Morgan fingerprint density at radius 1 is 0.683 bits per heavy atom. The van der Waals surface area contributed by atoms with Crippen molar-refractivity contribution in [1.82, 2.24) is 0 Å². The third kappa shape index (κ3) is 6.36. The van der Waals surface area contributed by atoms with Gasteiger partial charge in [0.25, 0.3) is 0 Å². The van der Waals surface area contributed by atoms with Crippen molar-refractivity contribution in [3.05, 3.63) is 127 Å². The molecule has 208 valence electrons. The lowest BCUT2D eigenvalue weighted by atomic mass is 10.0. The van der Waals surface area contributed by atoms with Crippen molar-refractivity contribution in [3.8, 4) is 5.75 Å². The average Bonchev–Trinajstić information content (AvgIpc) is 3.01. The number of nitrogens with zero attached hydrogens (tertiary/aromatic N) is 3. The zero-order chi connectivity index (χ0) is 28.9. The first kappa shape index (κ1) is 27.4. The number of benzene rings is 4. The Morgan fingerprint density at radius 2 is 1.17 bits per heavy atom. The fraction of sp³-hybridized carbons (Fsp3) is 0.147. The minimum absolute atomic E-state index is 0.269. The van der Waals surface area contributed by atoms with E-state index in [-0.39, 0.29) is 6.04 Å². The molecule has 1 atom stereocenters. The molecule has 0 saturated carbocycles. The third-order valence-electron chi connectivity index (χ3n) is 7.45. The molecule has 0 heterocycles. The number of carbonyl (C=O) groups excluding carboxylic acids is 1. The van der Waals surface area contributed by atoms with Crippen molar-refractivity contribution in [2.45, 2.75) is 12.5 Å². The van der Waals surface area contributed by atoms with Crippen molar-refractivity contribution in [1.29, 1.82) is 0 Å². The van der Waals surface area contributed by atoms with Crippen LogP contribution in [0.3, 0.4) is 0 Å². The van der Waals surface area contributed by atoms with Gasteiger partial charge in [-0.25, -0.2) is 4.79 Å². The van der Waals surface area contributed by atoms with E-state index in [0.29, 0.717) is 17.0 Å². The van der Waals surface area contributed by atoms with Crippen LogP contribution in [0, 0.1) is 0 Å². The molecule has 4 aromatic carbocycles. The lowest BCUT2D eigenvalue weighted by Crippen LogP contribution is -2.31. The molecule has 1 aliphatic carbocycles. The molecule has 4 N–H and O–H groups in total. The predicted octanol–water partition coefficient (Wildman–Crippen LogP) is 6.62. The third-order valence-corrected chi connectivity index (χ3v) is 7.45. The highest BCUT2D eigenvalue weighted by atomic mass is 16.5. The smallest absolute Gasteiger partial charge is 0.343 e. The number of nitrogens with two attached hydrogens (primary N) is 2. The Bertz CT molecular complexity index is 1540. The van der Waals surface area contributed by atoms with Crippen LogP contribution in [0.1, 0.15) is 16.8 Å². The summed E-state index contributed by atoms with van der Waals surface area (Å²) in [6, 6.07) is 30.8. The minimum atomic E-state index is -0.417. The summed E-state index contributed by atoms with van der Waals surface area (Å²) in [6.45, 7) is 0. The highest BCUT2D eigenvalue weighted by Gasteiger charge is 2.17. The Labute approximate surface area is 241 Å². The van der Waals surface area contributed by atoms with Gasteiger partial charge in [0.1, 0.15) is 5.75 Å². The number of esters is 1. The molecule has 4 aromatic rings. The van der Waals surface area contributed by atoms with E-state index >= 15 is 0 Å². The largest absolute Gasteiger partial charge is 0.423 e. The van der Waals surface area contributed by atoms with Crippen LogP contribution in [0.5, 0.6) is 5.75 Å². The molecule has 0 aliphatic heterocycles. The van der Waals surface area contributed by atoms with Gasteiger partial charge in [-0.05, 0) is 110 Å². The first-order chi connectivity index (χ1) is 19.8. The maximum Gasteiger partial charge on any atom is 0.343 e. The monoisotopic (exact) mass is 545 g/mol. The number of hydrogen-bond acceptors (Lipinski definition) is 7. The van der Waals surface area contributed by atoms with Gasteiger partial charge in [-0.3, -0.25) is 0 Å². The molecule has 0 radical (unpaired) electrons. The van der Waals surface area contributed by atoms with Gasteiger partial charge in [-0.15, -0.1) is 0 Å². The SMILES string of the molecule is CN(C1=CCC(N(C)c2ccc(N(C)c3ccc(OC(=O)c4ccc(N)cc4)cc3)cc2)C=C1)c1ccc(N)cc1. The van der Waals surface area contributed by atoms with Gasteiger partial charge >= 0.3 is 5.97 Å². The quantitative estimate of drug-likeness (QED) is 0.146. The van der Waals surface area contributed by atoms with E-state index in [1.807, 2.05) is 43.4 Å². The van der Waals surface area contributed by atoms with Gasteiger partial charge in [0.05, 0.1) is 11.6 Å². The van der Waals surface area contributed by atoms with Gasteiger partial charge in [0.2, 0.25) is 0 Å². The normalized spacial score (nSPS) is 14.2. The summed E-state index contributed by atoms with van der Waals surface area (Å²) in [5.41, 5.74) is 18.8.